The van der Waals surface area contributed by atoms with Gasteiger partial charge in [-0.25, -0.2) is 0 Å². The maximum Gasteiger partial charge on any atom is 0.0696 e. The summed E-state index contributed by atoms with van der Waals surface area (Å²) < 4.78 is 12.7. The summed E-state index contributed by atoms with van der Waals surface area (Å²) in [5.74, 6) is 0. The summed E-state index contributed by atoms with van der Waals surface area (Å²) in [6, 6.07) is 0. The van der Waals surface area contributed by atoms with E-state index in [0.717, 1.165) is 6.42 Å². The first-order valence-electron chi connectivity index (χ1n) is 4.77. The predicted octanol–water partition coefficient (Wildman–Crippen LogP) is 4.74. The summed E-state index contributed by atoms with van der Waals surface area (Å²) >= 11 is 10.6. The number of halogens is 3. The van der Waals surface area contributed by atoms with Crippen molar-refractivity contribution in [3.8, 4) is 4.20 Å². The molecular weight excluding hydrogens is 488 g/mol. The van der Waals surface area contributed by atoms with Crippen LogP contribution >= 0.6 is 39.9 Å². The molecule has 0 aliphatic rings. The molecule has 0 aromatic carbocycles. The van der Waals surface area contributed by atoms with Gasteiger partial charge in [0.2, 0.25) is 0 Å². The average Bonchev–Trinajstić information content (AvgIpc) is 2.11. The molecule has 0 spiro atoms. The molecule has 0 heterocycles. The van der Waals surface area contributed by atoms with Crippen LogP contribution in [0.4, 0.5) is 0 Å². The van der Waals surface area contributed by atoms with Gasteiger partial charge in [-0.3, -0.25) is 0 Å². The summed E-state index contributed by atoms with van der Waals surface area (Å²) in [6.07, 6.45) is 1.02. The Balaban J connectivity index is 0. The van der Waals surface area contributed by atoms with E-state index in [2.05, 4.69) is 74.3 Å². The second-order valence-corrected chi connectivity index (χ2v) is 39.6. The van der Waals surface area contributed by atoms with Crippen molar-refractivity contribution in [2.45, 2.75) is 27.2 Å². The topological polar surface area (TPSA) is 18.5 Å². The smallest absolute Gasteiger partial charge is 0.0696 e. The number of hydrogen-bond acceptors (Lipinski definition) is 2. The van der Waals surface area contributed by atoms with Gasteiger partial charge in [-0.2, -0.15) is 0 Å². The van der Waals surface area contributed by atoms with Crippen molar-refractivity contribution in [1.82, 2.24) is 0 Å². The summed E-state index contributed by atoms with van der Waals surface area (Å²) in [6.45, 7) is 8.01. The largest absolute Gasteiger partial charge is 0.382 e. The number of ether oxygens (including phenoxy) is 2. The number of rotatable bonds is 3. The third kappa shape index (κ3) is 24.9. The van der Waals surface area contributed by atoms with Gasteiger partial charge in [-0.1, -0.05) is 0 Å². The minimum absolute atomic E-state index is 0.354. The Kier molecular flexibility index (Phi) is 13.5. The Morgan fingerprint density at radius 3 is 1.50 bits per heavy atom. The van der Waals surface area contributed by atoms with Crippen molar-refractivity contribution in [2.24, 2.45) is 5.41 Å². The van der Waals surface area contributed by atoms with E-state index >= 15 is 0 Å². The van der Waals surface area contributed by atoms with Crippen molar-refractivity contribution in [1.29, 1.82) is 0 Å². The first-order valence-corrected chi connectivity index (χ1v) is 19.5. The summed E-state index contributed by atoms with van der Waals surface area (Å²) in [7, 11) is 1.26. The molecule has 0 atom stereocenters. The van der Waals surface area contributed by atoms with E-state index in [1.165, 1.54) is 0 Å². The molecule has 0 aromatic rings. The van der Waals surface area contributed by atoms with Crippen LogP contribution in [0.15, 0.2) is 0 Å². The Bertz CT molecular complexity index is 249. The molecule has 0 aromatic heterocycles. The molecule has 0 aliphatic heterocycles. The summed E-state index contributed by atoms with van der Waals surface area (Å²) in [5.41, 5.74) is 0.354. The molecule has 0 unspecified atom stereocenters. The standard InChI is InChI=1S/C6H11.C4H10O2.3BrH.Mo/c1-5-6(2,3)4;1-5-3-4-6-2;;;;/h5H2,2-4H3;3-4H2,1-2H3;3*1H;/q;;;;;+3/p-3. The molecule has 0 bridgehead atoms. The van der Waals surface area contributed by atoms with E-state index < -0.39 is 9.23 Å². The van der Waals surface area contributed by atoms with E-state index in [4.69, 9.17) is 0 Å². The fraction of sp³-hybridized carbons (Fsp3) is 0.900. The molecule has 0 radical (unpaired) electrons. The van der Waals surface area contributed by atoms with Crippen molar-refractivity contribution >= 4 is 39.9 Å². The van der Waals surface area contributed by atoms with Gasteiger partial charge in [0.1, 0.15) is 0 Å². The van der Waals surface area contributed by atoms with Gasteiger partial charge in [0.15, 0.2) is 0 Å². The van der Waals surface area contributed by atoms with Crippen LogP contribution < -0.4 is 0 Å². The van der Waals surface area contributed by atoms with Crippen LogP contribution in [0, 0.1) is 9.62 Å². The molecule has 0 saturated heterocycles. The van der Waals surface area contributed by atoms with Gasteiger partial charge in [0, 0.05) is 14.2 Å². The normalized spacial score (nSPS) is 11.5. The molecule has 2 nitrogen and oxygen atoms in total. The van der Waals surface area contributed by atoms with Gasteiger partial charge >= 0.3 is 85.9 Å². The molecule has 0 N–H and O–H groups in total. The molecule has 16 heavy (non-hydrogen) atoms. The third-order valence-electron chi connectivity index (χ3n) is 1.26. The summed E-state index contributed by atoms with van der Waals surface area (Å²) in [5, 5.41) is 0. The first kappa shape index (κ1) is 20.2. The predicted molar refractivity (Wildman–Crippen MR) is 78.5 cm³/mol. The van der Waals surface area contributed by atoms with Gasteiger partial charge < -0.3 is 9.47 Å². The van der Waals surface area contributed by atoms with Crippen LogP contribution in [0.2, 0.25) is 0 Å². The zero-order valence-electron chi connectivity index (χ0n) is 10.5. The monoisotopic (exact) mass is 508 g/mol. The number of methoxy groups -OCH3 is 2. The SMILES string of the molecule is CC(C)(C)C[C]#[Mo]([Br])([Br])[Br].COCCOC. The van der Waals surface area contributed by atoms with E-state index in [1.54, 1.807) is 14.2 Å². The summed E-state index contributed by atoms with van der Waals surface area (Å²) in [4.78, 5) is 0. The van der Waals surface area contributed by atoms with Crippen LogP contribution in [0.5, 0.6) is 0 Å². The van der Waals surface area contributed by atoms with Crippen molar-refractivity contribution in [3.05, 3.63) is 0 Å². The Labute approximate surface area is 122 Å². The zero-order valence-corrected chi connectivity index (χ0v) is 17.2. The molecular formula is C10H21Br3MoO2. The maximum absolute atomic E-state index is 4.66. The minimum Gasteiger partial charge on any atom is -0.382 e. The molecule has 0 amide bonds. The van der Waals surface area contributed by atoms with E-state index in [1.807, 2.05) is 0 Å². The van der Waals surface area contributed by atoms with E-state index in [9.17, 15) is 0 Å². The quantitative estimate of drug-likeness (QED) is 0.405. The van der Waals surface area contributed by atoms with Crippen LogP contribution in [-0.4, -0.2) is 27.4 Å². The Morgan fingerprint density at radius 2 is 1.38 bits per heavy atom. The van der Waals surface area contributed by atoms with Crippen LogP contribution in [0.1, 0.15) is 27.2 Å². The average molecular weight is 509 g/mol. The fourth-order valence-electron chi connectivity index (χ4n) is 0.465. The molecule has 0 rings (SSSR count). The molecule has 0 aliphatic carbocycles. The molecule has 0 saturated carbocycles. The molecule has 6 heteroatoms. The van der Waals surface area contributed by atoms with Crippen LogP contribution in [0.3, 0.4) is 0 Å². The zero-order chi connectivity index (χ0) is 13.2. The van der Waals surface area contributed by atoms with Gasteiger partial charge in [-0.05, 0) is 0 Å². The van der Waals surface area contributed by atoms with Gasteiger partial charge in [0.25, 0.3) is 0 Å². The van der Waals surface area contributed by atoms with Gasteiger partial charge in [-0.15, -0.1) is 0 Å². The second-order valence-electron chi connectivity index (χ2n) is 4.27. The van der Waals surface area contributed by atoms with Crippen molar-refractivity contribution in [3.63, 3.8) is 0 Å². The fourth-order valence-corrected chi connectivity index (χ4v) is 3.96. The van der Waals surface area contributed by atoms with Crippen molar-refractivity contribution < 1.29 is 18.7 Å². The molecule has 100 valence electrons. The van der Waals surface area contributed by atoms with Crippen LogP contribution in [-0.2, 0) is 18.7 Å². The van der Waals surface area contributed by atoms with E-state index in [0.29, 0.717) is 18.6 Å². The van der Waals surface area contributed by atoms with Crippen molar-refractivity contribution in [2.75, 3.05) is 27.4 Å². The van der Waals surface area contributed by atoms with Crippen LogP contribution in [0.25, 0.3) is 0 Å². The first-order chi connectivity index (χ1) is 7.12. The van der Waals surface area contributed by atoms with E-state index in [-0.39, 0.29) is 0 Å². The second kappa shape index (κ2) is 10.7. The maximum atomic E-state index is 4.66. The third-order valence-corrected chi connectivity index (χ3v) is 6.48. The Morgan fingerprint density at radius 1 is 1.00 bits per heavy atom. The number of hydrogen-bond donors (Lipinski definition) is 0. The minimum atomic E-state index is -2.05. The Hall–Kier alpha value is 1.83. The molecule has 0 fully saturated rings. The van der Waals surface area contributed by atoms with Gasteiger partial charge in [0.05, 0.1) is 13.2 Å².